The Bertz CT molecular complexity index is 1020. The topological polar surface area (TPSA) is 43.3 Å². The van der Waals surface area contributed by atoms with E-state index in [1.54, 1.807) is 25.4 Å². The van der Waals surface area contributed by atoms with Crippen LogP contribution in [0.2, 0.25) is 0 Å². The highest BCUT2D eigenvalue weighted by atomic mass is 32.2. The number of nitrogens with zero attached hydrogens (tertiary/aromatic N) is 1. The second kappa shape index (κ2) is 8.26. The average molecular weight is 388 g/mol. The summed E-state index contributed by atoms with van der Waals surface area (Å²) in [6.45, 7) is 2.03. The van der Waals surface area contributed by atoms with Gasteiger partial charge in [0.1, 0.15) is 11.6 Å². The summed E-state index contributed by atoms with van der Waals surface area (Å²) in [6.07, 6.45) is 1.68. The number of nitrogens with one attached hydrogen (secondary N) is 1. The predicted molar refractivity (Wildman–Crippen MR) is 105 cm³/mol. The molecule has 7 heteroatoms. The number of benzene rings is 2. The maximum atomic E-state index is 14.0. The minimum absolute atomic E-state index is 0.0777. The quantitative estimate of drug-likeness (QED) is 0.589. The van der Waals surface area contributed by atoms with Crippen molar-refractivity contribution in [3.05, 3.63) is 76.7 Å². The first-order valence-corrected chi connectivity index (χ1v) is 9.28. The molecule has 0 unspecified atom stereocenters. The predicted octanol–water partition coefficient (Wildman–Crippen LogP) is 5.20. The second-order valence-electron chi connectivity index (χ2n) is 5.79. The minimum atomic E-state index is -0.787. The number of aryl methyl sites for hydroxylation is 1. The molecule has 1 aromatic heterocycles. The third-order valence-electron chi connectivity index (χ3n) is 3.82. The van der Waals surface area contributed by atoms with Crippen LogP contribution in [0, 0.1) is 11.6 Å². The molecule has 0 aliphatic rings. The number of pyridine rings is 1. The first-order valence-electron chi connectivity index (χ1n) is 8.29. The van der Waals surface area contributed by atoms with Crippen LogP contribution in [0.5, 0.6) is 11.5 Å². The van der Waals surface area contributed by atoms with Gasteiger partial charge in [0.15, 0.2) is 11.6 Å². The molecular formula is C20H18F2N2O2S. The number of hydrogen-bond donors (Lipinski definition) is 1. The Kier molecular flexibility index (Phi) is 5.81. The van der Waals surface area contributed by atoms with Crippen LogP contribution in [0.3, 0.4) is 0 Å². The number of ether oxygens (including phenoxy) is 1. The SMILES string of the molecule is CCSNc1ccc(Oc2ccc(F)cc2F)c(-c2ccc(=O)n(C)c2)c1. The molecule has 0 saturated heterocycles. The van der Waals surface area contributed by atoms with E-state index in [2.05, 4.69) is 4.72 Å². The molecule has 0 spiro atoms. The third-order valence-corrected chi connectivity index (χ3v) is 4.49. The molecule has 2 aromatic carbocycles. The lowest BCUT2D eigenvalue weighted by molar-refractivity contribution is 0.439. The van der Waals surface area contributed by atoms with Gasteiger partial charge in [-0.1, -0.05) is 18.9 Å². The molecule has 4 nitrogen and oxygen atoms in total. The zero-order chi connectivity index (χ0) is 19.4. The molecule has 0 atom stereocenters. The summed E-state index contributed by atoms with van der Waals surface area (Å²) in [6, 6.07) is 11.7. The first kappa shape index (κ1) is 19.0. The number of anilines is 1. The number of hydrogen-bond acceptors (Lipinski definition) is 4. The summed E-state index contributed by atoms with van der Waals surface area (Å²) in [5.41, 5.74) is 2.12. The van der Waals surface area contributed by atoms with Gasteiger partial charge in [-0.3, -0.25) is 4.79 Å². The van der Waals surface area contributed by atoms with Gasteiger partial charge in [-0.2, -0.15) is 0 Å². The lowest BCUT2D eigenvalue weighted by atomic mass is 10.1. The van der Waals surface area contributed by atoms with Crippen LogP contribution in [0.4, 0.5) is 14.5 Å². The zero-order valence-electron chi connectivity index (χ0n) is 14.8. The molecule has 1 heterocycles. The number of halogens is 2. The molecule has 0 saturated carbocycles. The summed E-state index contributed by atoms with van der Waals surface area (Å²) in [5.74, 6) is -0.259. The van der Waals surface area contributed by atoms with Gasteiger partial charge in [0, 0.05) is 47.9 Å². The number of rotatable bonds is 6. The smallest absolute Gasteiger partial charge is 0.250 e. The van der Waals surface area contributed by atoms with Gasteiger partial charge in [-0.25, -0.2) is 8.78 Å². The van der Waals surface area contributed by atoms with Gasteiger partial charge in [0.2, 0.25) is 5.56 Å². The van der Waals surface area contributed by atoms with Crippen LogP contribution in [-0.2, 0) is 7.05 Å². The monoisotopic (exact) mass is 388 g/mol. The standard InChI is InChI=1S/C20H18F2N2O2S/c1-3-27-23-15-6-8-18(26-19-7-5-14(21)10-17(19)22)16(11-15)13-4-9-20(25)24(2)12-13/h4-12,23H,3H2,1-2H3. The summed E-state index contributed by atoms with van der Waals surface area (Å²) < 4.78 is 37.5. The van der Waals surface area contributed by atoms with E-state index in [0.29, 0.717) is 11.3 Å². The van der Waals surface area contributed by atoms with Crippen LogP contribution in [0.15, 0.2) is 59.5 Å². The fraction of sp³-hybridized carbons (Fsp3) is 0.150. The van der Waals surface area contributed by atoms with Gasteiger partial charge < -0.3 is 14.0 Å². The van der Waals surface area contributed by atoms with Gasteiger partial charge in [0.05, 0.1) is 0 Å². The Hall–Kier alpha value is -2.80. The summed E-state index contributed by atoms with van der Waals surface area (Å²) in [4.78, 5) is 11.7. The van der Waals surface area contributed by atoms with Crippen molar-refractivity contribution < 1.29 is 13.5 Å². The molecule has 0 bridgehead atoms. The van der Waals surface area contributed by atoms with Crippen LogP contribution in [0.25, 0.3) is 11.1 Å². The van der Waals surface area contributed by atoms with Gasteiger partial charge in [0.25, 0.3) is 0 Å². The fourth-order valence-corrected chi connectivity index (χ4v) is 2.93. The summed E-state index contributed by atoms with van der Waals surface area (Å²) >= 11 is 1.54. The summed E-state index contributed by atoms with van der Waals surface area (Å²) in [7, 11) is 1.65. The molecule has 0 aliphatic carbocycles. The Morgan fingerprint density at radius 2 is 1.85 bits per heavy atom. The molecule has 0 aliphatic heterocycles. The van der Waals surface area contributed by atoms with Gasteiger partial charge >= 0.3 is 0 Å². The van der Waals surface area contributed by atoms with Crippen molar-refractivity contribution in [2.24, 2.45) is 7.05 Å². The van der Waals surface area contributed by atoms with Crippen molar-refractivity contribution in [1.82, 2.24) is 4.57 Å². The highest BCUT2D eigenvalue weighted by Gasteiger charge is 2.13. The van der Waals surface area contributed by atoms with Crippen molar-refractivity contribution in [2.75, 3.05) is 10.5 Å². The van der Waals surface area contributed by atoms with Crippen molar-refractivity contribution in [2.45, 2.75) is 6.92 Å². The van der Waals surface area contributed by atoms with E-state index in [4.69, 9.17) is 4.74 Å². The van der Waals surface area contributed by atoms with E-state index in [1.807, 2.05) is 19.1 Å². The fourth-order valence-electron chi connectivity index (χ4n) is 2.49. The van der Waals surface area contributed by atoms with Crippen molar-refractivity contribution >= 4 is 17.6 Å². The second-order valence-corrected chi connectivity index (χ2v) is 6.86. The lowest BCUT2D eigenvalue weighted by Gasteiger charge is -2.15. The molecular weight excluding hydrogens is 370 g/mol. The van der Waals surface area contributed by atoms with Crippen LogP contribution >= 0.6 is 11.9 Å². The van der Waals surface area contributed by atoms with Crippen LogP contribution in [0.1, 0.15) is 6.92 Å². The molecule has 3 rings (SSSR count). The van der Waals surface area contributed by atoms with Crippen molar-refractivity contribution in [1.29, 1.82) is 0 Å². The lowest BCUT2D eigenvalue weighted by Crippen LogP contribution is -2.14. The molecule has 0 amide bonds. The third kappa shape index (κ3) is 4.49. The first-order chi connectivity index (χ1) is 13.0. The maximum Gasteiger partial charge on any atom is 0.250 e. The van der Waals surface area contributed by atoms with Crippen molar-refractivity contribution in [3.8, 4) is 22.6 Å². The van der Waals surface area contributed by atoms with Crippen LogP contribution in [-0.4, -0.2) is 10.3 Å². The van der Waals surface area contributed by atoms with E-state index in [1.165, 1.54) is 28.6 Å². The Morgan fingerprint density at radius 3 is 2.56 bits per heavy atom. The van der Waals surface area contributed by atoms with E-state index < -0.39 is 11.6 Å². The summed E-state index contributed by atoms with van der Waals surface area (Å²) in [5, 5.41) is 0. The highest BCUT2D eigenvalue weighted by molar-refractivity contribution is 8.00. The van der Waals surface area contributed by atoms with Gasteiger partial charge in [-0.15, -0.1) is 0 Å². The van der Waals surface area contributed by atoms with E-state index in [-0.39, 0.29) is 11.3 Å². The Morgan fingerprint density at radius 1 is 1.07 bits per heavy atom. The van der Waals surface area contributed by atoms with E-state index >= 15 is 0 Å². The largest absolute Gasteiger partial charge is 0.454 e. The average Bonchev–Trinajstić information content (AvgIpc) is 2.65. The molecule has 0 radical (unpaired) electrons. The van der Waals surface area contributed by atoms with Crippen molar-refractivity contribution in [3.63, 3.8) is 0 Å². The van der Waals surface area contributed by atoms with Crippen LogP contribution < -0.4 is 15.0 Å². The highest BCUT2D eigenvalue weighted by Crippen LogP contribution is 2.36. The molecule has 1 N–H and O–H groups in total. The molecule has 140 valence electrons. The van der Waals surface area contributed by atoms with E-state index in [0.717, 1.165) is 29.1 Å². The normalized spacial score (nSPS) is 10.7. The number of aromatic nitrogens is 1. The molecule has 27 heavy (non-hydrogen) atoms. The Balaban J connectivity index is 2.06. The van der Waals surface area contributed by atoms with E-state index in [9.17, 15) is 13.6 Å². The molecule has 0 fully saturated rings. The maximum absolute atomic E-state index is 14.0. The Labute approximate surface area is 159 Å². The van der Waals surface area contributed by atoms with Gasteiger partial charge in [-0.05, 0) is 36.4 Å². The zero-order valence-corrected chi connectivity index (χ0v) is 15.6. The molecule has 3 aromatic rings. The minimum Gasteiger partial charge on any atom is -0.454 e.